The number of ketones is 1. The number of hydrogen-bond acceptors (Lipinski definition) is 4. The van der Waals surface area contributed by atoms with Gasteiger partial charge in [-0.25, -0.2) is 4.39 Å². The highest BCUT2D eigenvalue weighted by atomic mass is 19.1. The summed E-state index contributed by atoms with van der Waals surface area (Å²) in [6.07, 6.45) is 0. The minimum atomic E-state index is -0.542. The second kappa shape index (κ2) is 6.45. The number of benzene rings is 1. The van der Waals surface area contributed by atoms with Crippen molar-refractivity contribution in [2.24, 2.45) is 0 Å². The number of carbonyl (C=O) groups excluding carboxylic acids is 1. The molecular formula is C16H17FN2O2. The van der Waals surface area contributed by atoms with Gasteiger partial charge >= 0.3 is 0 Å². The molecule has 1 aromatic heterocycles. The Balaban J connectivity index is 2.03. The fourth-order valence-corrected chi connectivity index (χ4v) is 2.08. The average Bonchev–Trinajstić information content (AvgIpc) is 2.41. The van der Waals surface area contributed by atoms with Gasteiger partial charge in [-0.1, -0.05) is 6.07 Å². The first-order valence-corrected chi connectivity index (χ1v) is 6.58. The number of halogens is 1. The van der Waals surface area contributed by atoms with Crippen LogP contribution in [-0.2, 0) is 6.54 Å². The number of Topliss-reactive ketones (excluding diaryl/α,β-unsaturated/α-hetero) is 1. The van der Waals surface area contributed by atoms with Crippen LogP contribution < -0.4 is 0 Å². The summed E-state index contributed by atoms with van der Waals surface area (Å²) in [5.41, 5.74) is 1.77. The lowest BCUT2D eigenvalue weighted by Gasteiger charge is -2.16. The zero-order chi connectivity index (χ0) is 15.4. The van der Waals surface area contributed by atoms with E-state index in [0.717, 1.165) is 23.5 Å². The van der Waals surface area contributed by atoms with Crippen LogP contribution in [0, 0.1) is 12.7 Å². The van der Waals surface area contributed by atoms with Crippen molar-refractivity contribution < 1.29 is 14.3 Å². The number of phenolic OH excluding ortho intramolecular Hbond substituents is 1. The lowest BCUT2D eigenvalue weighted by atomic mass is 10.1. The number of nitrogens with zero attached hydrogens (tertiary/aromatic N) is 2. The molecule has 0 aliphatic rings. The summed E-state index contributed by atoms with van der Waals surface area (Å²) in [4.78, 5) is 18.2. The highest BCUT2D eigenvalue weighted by molar-refractivity contribution is 5.99. The van der Waals surface area contributed by atoms with Crippen molar-refractivity contribution in [3.63, 3.8) is 0 Å². The molecule has 1 N–H and O–H groups in total. The van der Waals surface area contributed by atoms with Crippen LogP contribution in [0.2, 0.25) is 0 Å². The summed E-state index contributed by atoms with van der Waals surface area (Å²) in [6.45, 7) is 2.48. The third-order valence-electron chi connectivity index (χ3n) is 3.05. The molecule has 0 saturated heterocycles. The van der Waals surface area contributed by atoms with Gasteiger partial charge in [-0.2, -0.15) is 0 Å². The van der Waals surface area contributed by atoms with Crippen LogP contribution in [0.1, 0.15) is 21.7 Å². The number of aryl methyl sites for hydroxylation is 1. The van der Waals surface area contributed by atoms with Crippen molar-refractivity contribution >= 4 is 5.78 Å². The minimum absolute atomic E-state index is 0.000878. The molecule has 0 spiro atoms. The SMILES string of the molecule is Cc1cccc(CN(C)CC(=O)c2cc(F)ccc2O)n1. The van der Waals surface area contributed by atoms with E-state index in [4.69, 9.17) is 0 Å². The molecule has 1 aromatic carbocycles. The zero-order valence-electron chi connectivity index (χ0n) is 12.0. The first-order valence-electron chi connectivity index (χ1n) is 6.58. The summed E-state index contributed by atoms with van der Waals surface area (Å²) in [6, 6.07) is 9.05. The second-order valence-electron chi connectivity index (χ2n) is 5.03. The van der Waals surface area contributed by atoms with Crippen molar-refractivity contribution in [2.75, 3.05) is 13.6 Å². The van der Waals surface area contributed by atoms with Crippen molar-refractivity contribution in [1.29, 1.82) is 0 Å². The number of likely N-dealkylation sites (N-methyl/N-ethyl adjacent to an activating group) is 1. The first-order chi connectivity index (χ1) is 9.95. The molecule has 0 atom stereocenters. The van der Waals surface area contributed by atoms with E-state index in [9.17, 15) is 14.3 Å². The number of phenols is 1. The van der Waals surface area contributed by atoms with Crippen LogP contribution in [0.4, 0.5) is 4.39 Å². The fraction of sp³-hybridized carbons (Fsp3) is 0.250. The molecule has 0 fully saturated rings. The quantitative estimate of drug-likeness (QED) is 0.859. The predicted molar refractivity (Wildman–Crippen MR) is 77.7 cm³/mol. The molecule has 0 unspecified atom stereocenters. The van der Waals surface area contributed by atoms with Crippen molar-refractivity contribution in [2.45, 2.75) is 13.5 Å². The molecule has 0 amide bonds. The fourth-order valence-electron chi connectivity index (χ4n) is 2.08. The minimum Gasteiger partial charge on any atom is -0.507 e. The molecule has 110 valence electrons. The van der Waals surface area contributed by atoms with E-state index in [-0.39, 0.29) is 23.6 Å². The maximum absolute atomic E-state index is 13.1. The molecule has 5 heteroatoms. The van der Waals surface area contributed by atoms with E-state index in [0.29, 0.717) is 6.54 Å². The molecule has 0 radical (unpaired) electrons. The van der Waals surface area contributed by atoms with Gasteiger partial charge in [-0.3, -0.25) is 14.7 Å². The van der Waals surface area contributed by atoms with Crippen molar-refractivity contribution in [3.8, 4) is 5.75 Å². The van der Waals surface area contributed by atoms with E-state index >= 15 is 0 Å². The van der Waals surface area contributed by atoms with Gasteiger partial charge in [0.2, 0.25) is 0 Å². The van der Waals surface area contributed by atoms with E-state index in [1.807, 2.05) is 25.1 Å². The van der Waals surface area contributed by atoms with E-state index in [1.165, 1.54) is 6.07 Å². The third-order valence-corrected chi connectivity index (χ3v) is 3.05. The Morgan fingerprint density at radius 2 is 2.10 bits per heavy atom. The molecule has 2 rings (SSSR count). The summed E-state index contributed by atoms with van der Waals surface area (Å²) in [5.74, 6) is -1.08. The summed E-state index contributed by atoms with van der Waals surface area (Å²) in [5, 5.41) is 9.63. The summed E-state index contributed by atoms with van der Waals surface area (Å²) < 4.78 is 13.1. The molecule has 0 saturated carbocycles. The zero-order valence-corrected chi connectivity index (χ0v) is 12.0. The highest BCUT2D eigenvalue weighted by Crippen LogP contribution is 2.18. The molecular weight excluding hydrogens is 271 g/mol. The van der Waals surface area contributed by atoms with Crippen LogP contribution in [0.5, 0.6) is 5.75 Å². The van der Waals surface area contributed by atoms with Gasteiger partial charge in [0.15, 0.2) is 5.78 Å². The Hall–Kier alpha value is -2.27. The summed E-state index contributed by atoms with van der Waals surface area (Å²) in [7, 11) is 1.78. The number of aromatic nitrogens is 1. The van der Waals surface area contributed by atoms with Gasteiger partial charge in [0, 0.05) is 12.2 Å². The standard InChI is InChI=1S/C16H17FN2O2/c1-11-4-3-5-13(18-11)9-19(2)10-16(21)14-8-12(17)6-7-15(14)20/h3-8,20H,9-10H2,1-2H3. The van der Waals surface area contributed by atoms with E-state index < -0.39 is 5.82 Å². The topological polar surface area (TPSA) is 53.4 Å². The Morgan fingerprint density at radius 1 is 1.33 bits per heavy atom. The van der Waals surface area contributed by atoms with Crippen LogP contribution in [-0.4, -0.2) is 34.4 Å². The van der Waals surface area contributed by atoms with Crippen molar-refractivity contribution in [3.05, 3.63) is 59.2 Å². The molecule has 2 aromatic rings. The number of carbonyl (C=O) groups is 1. The van der Waals surface area contributed by atoms with E-state index in [1.54, 1.807) is 11.9 Å². The maximum Gasteiger partial charge on any atom is 0.180 e. The number of rotatable bonds is 5. The molecule has 4 nitrogen and oxygen atoms in total. The largest absolute Gasteiger partial charge is 0.507 e. The maximum atomic E-state index is 13.1. The summed E-state index contributed by atoms with van der Waals surface area (Å²) >= 11 is 0. The molecule has 0 aliphatic carbocycles. The first kappa shape index (κ1) is 15.1. The Morgan fingerprint density at radius 3 is 2.81 bits per heavy atom. The number of aromatic hydroxyl groups is 1. The van der Waals surface area contributed by atoms with Gasteiger partial charge in [-0.05, 0) is 44.3 Å². The lowest BCUT2D eigenvalue weighted by Crippen LogP contribution is -2.26. The molecule has 0 aliphatic heterocycles. The highest BCUT2D eigenvalue weighted by Gasteiger charge is 2.15. The number of hydrogen-bond donors (Lipinski definition) is 1. The smallest absolute Gasteiger partial charge is 0.180 e. The van der Waals surface area contributed by atoms with Crippen LogP contribution >= 0.6 is 0 Å². The van der Waals surface area contributed by atoms with Gasteiger partial charge in [0.1, 0.15) is 11.6 Å². The Labute approximate surface area is 122 Å². The lowest BCUT2D eigenvalue weighted by molar-refractivity contribution is 0.0939. The third kappa shape index (κ3) is 4.10. The Kier molecular flexibility index (Phi) is 4.65. The molecule has 1 heterocycles. The molecule has 21 heavy (non-hydrogen) atoms. The predicted octanol–water partition coefficient (Wildman–Crippen LogP) is 2.55. The Bertz CT molecular complexity index is 658. The second-order valence-corrected chi connectivity index (χ2v) is 5.03. The number of pyridine rings is 1. The van der Waals surface area contributed by atoms with Gasteiger partial charge in [-0.15, -0.1) is 0 Å². The van der Waals surface area contributed by atoms with Gasteiger partial charge in [0.25, 0.3) is 0 Å². The van der Waals surface area contributed by atoms with Crippen LogP contribution in [0.25, 0.3) is 0 Å². The van der Waals surface area contributed by atoms with Crippen molar-refractivity contribution in [1.82, 2.24) is 9.88 Å². The van der Waals surface area contributed by atoms with Crippen LogP contribution in [0.15, 0.2) is 36.4 Å². The van der Waals surface area contributed by atoms with E-state index in [2.05, 4.69) is 4.98 Å². The molecule has 0 bridgehead atoms. The van der Waals surface area contributed by atoms with Crippen LogP contribution in [0.3, 0.4) is 0 Å². The normalized spacial score (nSPS) is 10.9. The average molecular weight is 288 g/mol. The van der Waals surface area contributed by atoms with Gasteiger partial charge < -0.3 is 5.11 Å². The monoisotopic (exact) mass is 288 g/mol. The van der Waals surface area contributed by atoms with Gasteiger partial charge in [0.05, 0.1) is 17.8 Å².